The number of nitrogens with two attached hydrogens (primary N) is 1. The molecule has 126 valence electrons. The highest BCUT2D eigenvalue weighted by atomic mass is 32.2. The number of hydrogen-bond donors (Lipinski definition) is 2. The normalized spacial score (nSPS) is 12.0. The molecule has 0 unspecified atom stereocenters. The molecule has 24 heavy (non-hydrogen) atoms. The van der Waals surface area contributed by atoms with Crippen LogP contribution in [0.15, 0.2) is 57.8 Å². The summed E-state index contributed by atoms with van der Waals surface area (Å²) in [5.41, 5.74) is 8.11. The summed E-state index contributed by atoms with van der Waals surface area (Å²) < 4.78 is 27.8. The summed E-state index contributed by atoms with van der Waals surface area (Å²) in [4.78, 5) is 12.0. The fourth-order valence-corrected chi connectivity index (χ4v) is 2.98. The highest BCUT2D eigenvalue weighted by Crippen LogP contribution is 2.15. The number of rotatable bonds is 5. The van der Waals surface area contributed by atoms with E-state index in [4.69, 9.17) is 5.73 Å². The molecule has 0 aliphatic carbocycles. The molecule has 6 nitrogen and oxygen atoms in total. The molecule has 2 aromatic rings. The second kappa shape index (κ2) is 7.27. The Hall–Kier alpha value is -2.67. The van der Waals surface area contributed by atoms with E-state index in [0.717, 1.165) is 11.1 Å². The van der Waals surface area contributed by atoms with Gasteiger partial charge in [0.15, 0.2) is 0 Å². The number of carbonyl (C=O) groups is 1. The number of amidine groups is 1. The van der Waals surface area contributed by atoms with Crippen LogP contribution in [0.3, 0.4) is 0 Å². The number of carbonyl (C=O) groups excluding carboxylic acids is 1. The Morgan fingerprint density at radius 2 is 1.71 bits per heavy atom. The van der Waals surface area contributed by atoms with Gasteiger partial charge < -0.3 is 11.1 Å². The molecular weight excluding hydrogens is 326 g/mol. The SMILES string of the molecule is Cc1ccc(S(=O)(=O)/N=C(\N)CC(=O)Nc2ccccc2C)cc1. The van der Waals surface area contributed by atoms with Crippen LogP contribution in [0, 0.1) is 13.8 Å². The van der Waals surface area contributed by atoms with E-state index in [-0.39, 0.29) is 17.2 Å². The molecule has 0 atom stereocenters. The zero-order chi connectivity index (χ0) is 17.7. The molecule has 0 radical (unpaired) electrons. The van der Waals surface area contributed by atoms with E-state index in [1.807, 2.05) is 26.0 Å². The molecule has 2 rings (SSSR count). The summed E-state index contributed by atoms with van der Waals surface area (Å²) in [6.45, 7) is 3.71. The van der Waals surface area contributed by atoms with Crippen molar-refractivity contribution in [1.82, 2.24) is 0 Å². The minimum atomic E-state index is -3.92. The number of nitrogens with one attached hydrogen (secondary N) is 1. The summed E-state index contributed by atoms with van der Waals surface area (Å²) in [7, 11) is -3.92. The van der Waals surface area contributed by atoms with Crippen molar-refractivity contribution in [2.75, 3.05) is 5.32 Å². The summed E-state index contributed by atoms with van der Waals surface area (Å²) in [6.07, 6.45) is -0.306. The number of amides is 1. The molecule has 0 heterocycles. The predicted molar refractivity (Wildman–Crippen MR) is 94.4 cm³/mol. The van der Waals surface area contributed by atoms with E-state index in [1.54, 1.807) is 24.3 Å². The van der Waals surface area contributed by atoms with Gasteiger partial charge in [-0.2, -0.15) is 8.42 Å². The molecule has 2 aromatic carbocycles. The van der Waals surface area contributed by atoms with Crippen LogP contribution in [0.5, 0.6) is 0 Å². The Kier molecular flexibility index (Phi) is 5.35. The van der Waals surface area contributed by atoms with Gasteiger partial charge in [-0.05, 0) is 37.6 Å². The van der Waals surface area contributed by atoms with Crippen LogP contribution in [0.4, 0.5) is 5.69 Å². The van der Waals surface area contributed by atoms with Crippen molar-refractivity contribution >= 4 is 27.5 Å². The van der Waals surface area contributed by atoms with Crippen LogP contribution in [-0.2, 0) is 14.8 Å². The average molecular weight is 345 g/mol. The summed E-state index contributed by atoms with van der Waals surface area (Å²) >= 11 is 0. The highest BCUT2D eigenvalue weighted by molar-refractivity contribution is 7.90. The molecule has 0 aliphatic rings. The van der Waals surface area contributed by atoms with E-state index in [1.165, 1.54) is 12.1 Å². The number of sulfonamides is 1. The van der Waals surface area contributed by atoms with E-state index in [0.29, 0.717) is 5.69 Å². The number of para-hydroxylation sites is 1. The lowest BCUT2D eigenvalue weighted by molar-refractivity contribution is -0.115. The van der Waals surface area contributed by atoms with Crippen LogP contribution in [0.25, 0.3) is 0 Å². The lowest BCUT2D eigenvalue weighted by Crippen LogP contribution is -2.23. The average Bonchev–Trinajstić information content (AvgIpc) is 2.49. The molecular formula is C17H19N3O3S. The van der Waals surface area contributed by atoms with Crippen molar-refractivity contribution in [3.63, 3.8) is 0 Å². The van der Waals surface area contributed by atoms with Crippen molar-refractivity contribution in [3.8, 4) is 0 Å². The van der Waals surface area contributed by atoms with Crippen LogP contribution >= 0.6 is 0 Å². The minimum absolute atomic E-state index is 0.0374. The first-order valence-corrected chi connectivity index (χ1v) is 8.73. The fraction of sp³-hybridized carbons (Fsp3) is 0.176. The second-order valence-corrected chi connectivity index (χ2v) is 7.01. The largest absolute Gasteiger partial charge is 0.386 e. The van der Waals surface area contributed by atoms with Crippen molar-refractivity contribution in [1.29, 1.82) is 0 Å². The number of anilines is 1. The van der Waals surface area contributed by atoms with E-state index >= 15 is 0 Å². The molecule has 0 saturated carbocycles. The third kappa shape index (κ3) is 4.66. The molecule has 0 fully saturated rings. The third-order valence-corrected chi connectivity index (χ3v) is 4.66. The maximum Gasteiger partial charge on any atom is 0.283 e. The predicted octanol–water partition coefficient (Wildman–Crippen LogP) is 2.38. The Morgan fingerprint density at radius 3 is 2.33 bits per heavy atom. The van der Waals surface area contributed by atoms with Crippen molar-refractivity contribution in [2.24, 2.45) is 10.1 Å². The van der Waals surface area contributed by atoms with Crippen molar-refractivity contribution in [2.45, 2.75) is 25.2 Å². The molecule has 1 amide bonds. The highest BCUT2D eigenvalue weighted by Gasteiger charge is 2.15. The molecule has 3 N–H and O–H groups in total. The van der Waals surface area contributed by atoms with Gasteiger partial charge >= 0.3 is 0 Å². The zero-order valence-corrected chi connectivity index (χ0v) is 14.3. The lowest BCUT2D eigenvalue weighted by Gasteiger charge is -2.08. The van der Waals surface area contributed by atoms with Crippen LogP contribution in [-0.4, -0.2) is 20.2 Å². The van der Waals surface area contributed by atoms with E-state index < -0.39 is 15.9 Å². The fourth-order valence-electron chi connectivity index (χ4n) is 2.02. The minimum Gasteiger partial charge on any atom is -0.386 e. The van der Waals surface area contributed by atoms with Gasteiger partial charge in [0.2, 0.25) is 5.91 Å². The summed E-state index contributed by atoms with van der Waals surface area (Å²) in [5, 5.41) is 2.68. The first-order valence-electron chi connectivity index (χ1n) is 7.29. The number of aryl methyl sites for hydroxylation is 2. The molecule has 0 bridgehead atoms. The lowest BCUT2D eigenvalue weighted by atomic mass is 10.2. The van der Waals surface area contributed by atoms with Crippen molar-refractivity contribution < 1.29 is 13.2 Å². The van der Waals surface area contributed by atoms with Gasteiger partial charge in [-0.3, -0.25) is 4.79 Å². The topological polar surface area (TPSA) is 102 Å². The Balaban J connectivity index is 2.09. The van der Waals surface area contributed by atoms with Crippen LogP contribution in [0.2, 0.25) is 0 Å². The monoisotopic (exact) mass is 345 g/mol. The Labute approximate surface area is 141 Å². The number of nitrogens with zero attached hydrogens (tertiary/aromatic N) is 1. The van der Waals surface area contributed by atoms with Gasteiger partial charge in [-0.25, -0.2) is 0 Å². The van der Waals surface area contributed by atoms with Crippen molar-refractivity contribution in [3.05, 3.63) is 59.7 Å². The molecule has 0 saturated heterocycles. The Morgan fingerprint density at radius 1 is 1.08 bits per heavy atom. The Bertz CT molecular complexity index is 872. The third-order valence-electron chi connectivity index (χ3n) is 3.32. The van der Waals surface area contributed by atoms with E-state index in [9.17, 15) is 13.2 Å². The van der Waals surface area contributed by atoms with Crippen LogP contribution < -0.4 is 11.1 Å². The van der Waals surface area contributed by atoms with Gasteiger partial charge in [0.25, 0.3) is 10.0 Å². The van der Waals surface area contributed by atoms with Crippen LogP contribution in [0.1, 0.15) is 17.5 Å². The smallest absolute Gasteiger partial charge is 0.283 e. The first-order chi connectivity index (χ1) is 11.3. The summed E-state index contributed by atoms with van der Waals surface area (Å²) in [6, 6.07) is 13.5. The van der Waals surface area contributed by atoms with Gasteiger partial charge in [0.05, 0.1) is 11.3 Å². The van der Waals surface area contributed by atoms with Gasteiger partial charge in [0.1, 0.15) is 5.84 Å². The number of benzene rings is 2. The van der Waals surface area contributed by atoms with E-state index in [2.05, 4.69) is 9.71 Å². The molecule has 0 aliphatic heterocycles. The molecule has 7 heteroatoms. The second-order valence-electron chi connectivity index (χ2n) is 5.41. The van der Waals surface area contributed by atoms with Gasteiger partial charge in [-0.15, -0.1) is 4.40 Å². The maximum absolute atomic E-state index is 12.1. The van der Waals surface area contributed by atoms with Gasteiger partial charge in [-0.1, -0.05) is 35.9 Å². The van der Waals surface area contributed by atoms with Gasteiger partial charge in [0, 0.05) is 5.69 Å². The molecule has 0 aromatic heterocycles. The zero-order valence-electron chi connectivity index (χ0n) is 13.5. The first kappa shape index (κ1) is 17.7. The molecule has 0 spiro atoms. The summed E-state index contributed by atoms with van der Waals surface area (Å²) in [5.74, 6) is -0.689. The standard InChI is InChI=1S/C17H19N3O3S/c1-12-7-9-14(10-8-12)24(22,23)20-16(18)11-17(21)19-15-6-4-3-5-13(15)2/h3-10H,11H2,1-2H3,(H2,18,20)(H,19,21). The quantitative estimate of drug-likeness (QED) is 0.641. The number of hydrogen-bond acceptors (Lipinski definition) is 3. The maximum atomic E-state index is 12.1.